The quantitative estimate of drug-likeness (QED) is 0.355. The second kappa shape index (κ2) is 7.22. The average Bonchev–Trinajstić information content (AvgIpc) is 3.44. The van der Waals surface area contributed by atoms with Gasteiger partial charge in [0, 0.05) is 29.4 Å². The lowest BCUT2D eigenvalue weighted by molar-refractivity contribution is -0.384. The number of nitrogen functional groups attached to an aromatic ring is 1. The minimum Gasteiger partial charge on any atom is -0.444 e. The average molecular weight is 355 g/mol. The van der Waals surface area contributed by atoms with Crippen LogP contribution in [0.1, 0.15) is 34.9 Å². The van der Waals surface area contributed by atoms with Crippen molar-refractivity contribution in [1.82, 2.24) is 5.32 Å². The van der Waals surface area contributed by atoms with Crippen molar-refractivity contribution in [2.24, 2.45) is 0 Å². The van der Waals surface area contributed by atoms with Gasteiger partial charge in [-0.2, -0.15) is 0 Å². The summed E-state index contributed by atoms with van der Waals surface area (Å²) >= 11 is 0. The van der Waals surface area contributed by atoms with Gasteiger partial charge in [0.1, 0.15) is 0 Å². The molecule has 0 aromatic heterocycles. The molecule has 0 heterocycles. The van der Waals surface area contributed by atoms with E-state index in [1.165, 1.54) is 12.1 Å². The van der Waals surface area contributed by atoms with Crippen molar-refractivity contribution in [2.45, 2.75) is 25.0 Å². The third kappa shape index (κ3) is 3.97. The zero-order chi connectivity index (χ0) is 18.7. The lowest BCUT2D eigenvalue weighted by Crippen LogP contribution is -2.33. The number of amides is 1. The Kier molecular flexibility index (Phi) is 4.83. The summed E-state index contributed by atoms with van der Waals surface area (Å²) in [6, 6.07) is 12.2. The molecular weight excluding hydrogens is 338 g/mol. The number of carbonyl (C=O) groups excluding carboxylic acids is 2. The molecule has 1 aliphatic rings. The second-order valence-corrected chi connectivity index (χ2v) is 6.01. The third-order valence-corrected chi connectivity index (χ3v) is 3.96. The number of nitrogens with zero attached hydrogens (tertiary/aromatic N) is 1. The Balaban J connectivity index is 1.86. The maximum absolute atomic E-state index is 12.5. The first kappa shape index (κ1) is 17.4. The van der Waals surface area contributed by atoms with Gasteiger partial charge < -0.3 is 15.8 Å². The molecule has 2 aromatic rings. The number of non-ortho nitro benzene ring substituents is 1. The van der Waals surface area contributed by atoms with Crippen LogP contribution in [0.4, 0.5) is 11.4 Å². The number of ether oxygens (including phenoxy) is 1. The van der Waals surface area contributed by atoms with E-state index in [0.717, 1.165) is 18.9 Å². The molecule has 1 fully saturated rings. The number of nitrogens with two attached hydrogens (primary N) is 1. The minimum absolute atomic E-state index is 0.0370. The molecule has 3 rings (SSSR count). The van der Waals surface area contributed by atoms with Crippen molar-refractivity contribution in [3.63, 3.8) is 0 Å². The van der Waals surface area contributed by atoms with Crippen molar-refractivity contribution in [1.29, 1.82) is 0 Å². The molecule has 1 atom stereocenters. The van der Waals surface area contributed by atoms with Gasteiger partial charge >= 0.3 is 5.97 Å². The fourth-order valence-corrected chi connectivity index (χ4v) is 2.41. The van der Waals surface area contributed by atoms with Gasteiger partial charge in [-0.25, -0.2) is 4.79 Å². The zero-order valence-electron chi connectivity index (χ0n) is 13.8. The minimum atomic E-state index is -1.16. The van der Waals surface area contributed by atoms with Gasteiger partial charge in [-0.3, -0.25) is 14.9 Å². The van der Waals surface area contributed by atoms with E-state index in [1.807, 2.05) is 0 Å². The molecule has 0 radical (unpaired) electrons. The summed E-state index contributed by atoms with van der Waals surface area (Å²) in [5.41, 5.74) is 5.85. The SMILES string of the molecule is Nc1ccc([N+](=O)[O-])cc1C(=O)O[C@H](C(=O)NC1CC1)c1ccccc1. The molecule has 3 N–H and O–H groups in total. The Morgan fingerprint density at radius 2 is 1.88 bits per heavy atom. The van der Waals surface area contributed by atoms with Crippen molar-refractivity contribution >= 4 is 23.3 Å². The number of anilines is 1. The Morgan fingerprint density at radius 1 is 1.19 bits per heavy atom. The summed E-state index contributed by atoms with van der Waals surface area (Å²) in [6.07, 6.45) is 0.612. The van der Waals surface area contributed by atoms with Gasteiger partial charge in [-0.05, 0) is 18.9 Å². The summed E-state index contributed by atoms with van der Waals surface area (Å²) in [4.78, 5) is 35.3. The molecule has 0 saturated heterocycles. The predicted octanol–water partition coefficient (Wildman–Crippen LogP) is 2.35. The van der Waals surface area contributed by atoms with Crippen LogP contribution in [-0.2, 0) is 9.53 Å². The highest BCUT2D eigenvalue weighted by Crippen LogP contribution is 2.26. The van der Waals surface area contributed by atoms with E-state index in [9.17, 15) is 19.7 Å². The summed E-state index contributed by atoms with van der Waals surface area (Å²) in [7, 11) is 0. The van der Waals surface area contributed by atoms with E-state index >= 15 is 0 Å². The molecule has 0 bridgehead atoms. The molecule has 1 aliphatic carbocycles. The largest absolute Gasteiger partial charge is 0.444 e. The van der Waals surface area contributed by atoms with Gasteiger partial charge in [0.05, 0.1) is 10.5 Å². The van der Waals surface area contributed by atoms with Crippen molar-refractivity contribution in [3.8, 4) is 0 Å². The van der Waals surface area contributed by atoms with Gasteiger partial charge in [-0.15, -0.1) is 0 Å². The van der Waals surface area contributed by atoms with Crippen LogP contribution >= 0.6 is 0 Å². The maximum Gasteiger partial charge on any atom is 0.341 e. The van der Waals surface area contributed by atoms with E-state index < -0.39 is 22.9 Å². The normalized spacial score (nSPS) is 14.3. The highest BCUT2D eigenvalue weighted by Gasteiger charge is 2.31. The lowest BCUT2D eigenvalue weighted by Gasteiger charge is -2.18. The predicted molar refractivity (Wildman–Crippen MR) is 93.3 cm³/mol. The fourth-order valence-electron chi connectivity index (χ4n) is 2.41. The molecule has 0 unspecified atom stereocenters. The standard InChI is InChI=1S/C18H17N3O5/c19-15-9-8-13(21(24)25)10-14(15)18(23)26-16(11-4-2-1-3-5-11)17(22)20-12-6-7-12/h1-5,8-10,12,16H,6-7,19H2,(H,20,22)/t16-/m0/s1. The highest BCUT2D eigenvalue weighted by atomic mass is 16.6. The highest BCUT2D eigenvalue weighted by molar-refractivity contribution is 5.97. The van der Waals surface area contributed by atoms with Crippen LogP contribution in [0.3, 0.4) is 0 Å². The van der Waals surface area contributed by atoms with Gasteiger partial charge in [-0.1, -0.05) is 30.3 Å². The molecular formula is C18H17N3O5. The van der Waals surface area contributed by atoms with Crippen LogP contribution in [0.15, 0.2) is 48.5 Å². The fraction of sp³-hybridized carbons (Fsp3) is 0.222. The molecule has 26 heavy (non-hydrogen) atoms. The van der Waals surface area contributed by atoms with Crippen LogP contribution in [0.25, 0.3) is 0 Å². The van der Waals surface area contributed by atoms with Gasteiger partial charge in [0.15, 0.2) is 0 Å². The number of benzene rings is 2. The van der Waals surface area contributed by atoms with E-state index in [0.29, 0.717) is 5.56 Å². The number of rotatable bonds is 6. The van der Waals surface area contributed by atoms with E-state index in [-0.39, 0.29) is 23.0 Å². The molecule has 1 amide bonds. The Morgan fingerprint density at radius 3 is 2.50 bits per heavy atom. The maximum atomic E-state index is 12.5. The van der Waals surface area contributed by atoms with Crippen LogP contribution in [0.2, 0.25) is 0 Å². The number of hydrogen-bond acceptors (Lipinski definition) is 6. The molecule has 0 spiro atoms. The monoisotopic (exact) mass is 355 g/mol. The second-order valence-electron chi connectivity index (χ2n) is 6.01. The van der Waals surface area contributed by atoms with Crippen LogP contribution in [0.5, 0.6) is 0 Å². The smallest absolute Gasteiger partial charge is 0.341 e. The number of carbonyl (C=O) groups is 2. The molecule has 0 aliphatic heterocycles. The Bertz CT molecular complexity index is 849. The van der Waals surface area contributed by atoms with Crippen LogP contribution < -0.4 is 11.1 Å². The van der Waals surface area contributed by atoms with Crippen molar-refractivity contribution in [2.75, 3.05) is 5.73 Å². The summed E-state index contributed by atoms with van der Waals surface area (Å²) in [5, 5.41) is 13.7. The lowest BCUT2D eigenvalue weighted by atomic mass is 10.1. The number of hydrogen-bond donors (Lipinski definition) is 2. The van der Waals surface area contributed by atoms with Crippen molar-refractivity contribution < 1.29 is 19.2 Å². The van der Waals surface area contributed by atoms with Crippen molar-refractivity contribution in [3.05, 3.63) is 69.8 Å². The first-order valence-electron chi connectivity index (χ1n) is 8.06. The molecule has 8 heteroatoms. The summed E-state index contributed by atoms with van der Waals surface area (Å²) in [6.45, 7) is 0. The molecule has 134 valence electrons. The molecule has 1 saturated carbocycles. The van der Waals surface area contributed by atoms with Crippen LogP contribution in [0, 0.1) is 10.1 Å². The van der Waals surface area contributed by atoms with Gasteiger partial charge in [0.25, 0.3) is 11.6 Å². The first-order valence-corrected chi connectivity index (χ1v) is 8.06. The molecule has 2 aromatic carbocycles. The first-order chi connectivity index (χ1) is 12.5. The number of nitro benzene ring substituents is 1. The Labute approximate surface area is 149 Å². The zero-order valence-corrected chi connectivity index (χ0v) is 13.8. The van der Waals surface area contributed by atoms with Gasteiger partial charge in [0.2, 0.25) is 6.10 Å². The summed E-state index contributed by atoms with van der Waals surface area (Å²) in [5.74, 6) is -1.33. The molecule has 8 nitrogen and oxygen atoms in total. The van der Waals surface area contributed by atoms with E-state index in [1.54, 1.807) is 30.3 Å². The number of nitrogens with one attached hydrogen (secondary N) is 1. The van der Waals surface area contributed by atoms with E-state index in [2.05, 4.69) is 5.32 Å². The number of nitro groups is 1. The summed E-state index contributed by atoms with van der Waals surface area (Å²) < 4.78 is 5.38. The van der Waals surface area contributed by atoms with Crippen LogP contribution in [-0.4, -0.2) is 22.8 Å². The third-order valence-electron chi connectivity index (χ3n) is 3.96. The number of esters is 1. The Hall–Kier alpha value is -3.42. The topological polar surface area (TPSA) is 125 Å². The van der Waals surface area contributed by atoms with E-state index in [4.69, 9.17) is 10.5 Å².